The lowest BCUT2D eigenvalue weighted by molar-refractivity contribution is -0.121. The molecule has 6 nitrogen and oxygen atoms in total. The van der Waals surface area contributed by atoms with E-state index in [1.54, 1.807) is 6.07 Å². The third-order valence-corrected chi connectivity index (χ3v) is 4.82. The van der Waals surface area contributed by atoms with E-state index in [9.17, 15) is 9.59 Å². The molecule has 1 aromatic rings. The van der Waals surface area contributed by atoms with Gasteiger partial charge in [-0.1, -0.05) is 32.0 Å². The third-order valence-electron chi connectivity index (χ3n) is 4.82. The Hall–Kier alpha value is -1.92. The first-order valence-corrected chi connectivity index (χ1v) is 9.41. The second-order valence-electron chi connectivity index (χ2n) is 7.08. The Bertz CT molecular complexity index is 598. The zero-order valence-corrected chi connectivity index (χ0v) is 16.1. The van der Waals surface area contributed by atoms with E-state index in [0.29, 0.717) is 30.6 Å². The zero-order valence-electron chi connectivity index (χ0n) is 16.1. The highest BCUT2D eigenvalue weighted by molar-refractivity contribution is 5.95. The van der Waals surface area contributed by atoms with Gasteiger partial charge in [0.1, 0.15) is 0 Å². The minimum Gasteiger partial charge on any atom is -0.379 e. The first kappa shape index (κ1) is 20.4. The van der Waals surface area contributed by atoms with Crippen LogP contribution in [0, 0.1) is 12.8 Å². The van der Waals surface area contributed by atoms with Crippen molar-refractivity contribution in [3.05, 3.63) is 35.4 Å². The molecule has 1 fully saturated rings. The summed E-state index contributed by atoms with van der Waals surface area (Å²) in [4.78, 5) is 26.7. The molecule has 1 saturated heterocycles. The molecule has 1 atom stereocenters. The van der Waals surface area contributed by atoms with Gasteiger partial charge in [0.2, 0.25) is 5.91 Å². The van der Waals surface area contributed by atoms with Crippen molar-refractivity contribution >= 4 is 11.8 Å². The molecule has 2 N–H and O–H groups in total. The second-order valence-corrected chi connectivity index (χ2v) is 7.08. The summed E-state index contributed by atoms with van der Waals surface area (Å²) in [5.41, 5.74) is 1.58. The van der Waals surface area contributed by atoms with Crippen molar-refractivity contribution in [2.45, 2.75) is 33.2 Å². The number of rotatable bonds is 8. The van der Waals surface area contributed by atoms with E-state index in [1.807, 2.05) is 25.1 Å². The van der Waals surface area contributed by atoms with Crippen LogP contribution in [0.2, 0.25) is 0 Å². The molecule has 0 radical (unpaired) electrons. The van der Waals surface area contributed by atoms with Crippen LogP contribution in [0.25, 0.3) is 0 Å². The Kier molecular flexibility index (Phi) is 8.06. The topological polar surface area (TPSA) is 70.7 Å². The molecule has 1 aliphatic rings. The van der Waals surface area contributed by atoms with Crippen LogP contribution in [0.5, 0.6) is 0 Å². The standard InChI is InChI=1S/C20H31N3O3/c1-15(2)18(23-10-12-26-13-11-23)14-22-19(24)8-9-21-20(25)17-7-5-4-6-16(17)3/h4-7,15,18H,8-14H2,1-3H3,(H,21,25)(H,22,24). The molecule has 26 heavy (non-hydrogen) atoms. The number of hydrogen-bond acceptors (Lipinski definition) is 4. The van der Waals surface area contributed by atoms with Gasteiger partial charge in [-0.25, -0.2) is 0 Å². The highest BCUT2D eigenvalue weighted by atomic mass is 16.5. The van der Waals surface area contributed by atoms with Gasteiger partial charge in [0.25, 0.3) is 5.91 Å². The van der Waals surface area contributed by atoms with Crippen LogP contribution in [0.1, 0.15) is 36.2 Å². The van der Waals surface area contributed by atoms with Crippen LogP contribution in [0.4, 0.5) is 0 Å². The molecule has 1 aliphatic heterocycles. The summed E-state index contributed by atoms with van der Waals surface area (Å²) < 4.78 is 5.41. The van der Waals surface area contributed by atoms with E-state index in [2.05, 4.69) is 29.4 Å². The lowest BCUT2D eigenvalue weighted by Crippen LogP contribution is -2.51. The van der Waals surface area contributed by atoms with E-state index in [4.69, 9.17) is 4.74 Å². The summed E-state index contributed by atoms with van der Waals surface area (Å²) in [5, 5.41) is 5.83. The van der Waals surface area contributed by atoms with Gasteiger partial charge >= 0.3 is 0 Å². The van der Waals surface area contributed by atoms with Gasteiger partial charge < -0.3 is 15.4 Å². The first-order chi connectivity index (χ1) is 12.5. The summed E-state index contributed by atoms with van der Waals surface area (Å²) in [7, 11) is 0. The van der Waals surface area contributed by atoms with Crippen LogP contribution in [-0.4, -0.2) is 62.1 Å². The molecular weight excluding hydrogens is 330 g/mol. The van der Waals surface area contributed by atoms with E-state index in [0.717, 1.165) is 31.9 Å². The number of ether oxygens (including phenoxy) is 1. The molecule has 6 heteroatoms. The maximum Gasteiger partial charge on any atom is 0.251 e. The normalized spacial score (nSPS) is 16.3. The van der Waals surface area contributed by atoms with Crippen molar-refractivity contribution in [1.29, 1.82) is 0 Å². The molecule has 0 bridgehead atoms. The predicted octanol–water partition coefficient (Wildman–Crippen LogP) is 1.59. The highest BCUT2D eigenvalue weighted by Gasteiger charge is 2.24. The molecule has 2 rings (SSSR count). The van der Waals surface area contributed by atoms with Gasteiger partial charge in [0.15, 0.2) is 0 Å². The average Bonchev–Trinajstić information content (AvgIpc) is 2.62. The minimum atomic E-state index is -0.135. The number of aryl methyl sites for hydroxylation is 1. The summed E-state index contributed by atoms with van der Waals surface area (Å²) in [5.74, 6) is 0.285. The van der Waals surface area contributed by atoms with Crippen LogP contribution < -0.4 is 10.6 Å². The SMILES string of the molecule is Cc1ccccc1C(=O)NCCC(=O)NCC(C(C)C)N1CCOCC1. The predicted molar refractivity (Wildman–Crippen MR) is 102 cm³/mol. The number of benzene rings is 1. The number of nitrogens with zero attached hydrogens (tertiary/aromatic N) is 1. The van der Waals surface area contributed by atoms with Crippen molar-refractivity contribution in [2.24, 2.45) is 5.92 Å². The third kappa shape index (κ3) is 6.11. The van der Waals surface area contributed by atoms with Crippen molar-refractivity contribution < 1.29 is 14.3 Å². The van der Waals surface area contributed by atoms with E-state index in [1.165, 1.54) is 0 Å². The molecule has 0 aliphatic carbocycles. The highest BCUT2D eigenvalue weighted by Crippen LogP contribution is 2.12. The van der Waals surface area contributed by atoms with Crippen LogP contribution in [0.15, 0.2) is 24.3 Å². The monoisotopic (exact) mass is 361 g/mol. The average molecular weight is 361 g/mol. The van der Waals surface area contributed by atoms with Crippen molar-refractivity contribution in [3.63, 3.8) is 0 Å². The molecular formula is C20H31N3O3. The summed E-state index contributed by atoms with van der Waals surface area (Å²) in [6.07, 6.45) is 0.283. The summed E-state index contributed by atoms with van der Waals surface area (Å²) in [6.45, 7) is 10.5. The quantitative estimate of drug-likeness (QED) is 0.738. The molecule has 1 unspecified atom stereocenters. The Labute approximate surface area is 156 Å². The number of amides is 2. The number of morpholine rings is 1. The van der Waals surface area contributed by atoms with Gasteiger partial charge in [-0.15, -0.1) is 0 Å². The molecule has 1 heterocycles. The first-order valence-electron chi connectivity index (χ1n) is 9.41. The minimum absolute atomic E-state index is 0.0333. The van der Waals surface area contributed by atoms with Crippen LogP contribution >= 0.6 is 0 Å². The second kappa shape index (κ2) is 10.3. The van der Waals surface area contributed by atoms with E-state index in [-0.39, 0.29) is 18.2 Å². The number of carbonyl (C=O) groups is 2. The van der Waals surface area contributed by atoms with Crippen molar-refractivity contribution in [2.75, 3.05) is 39.4 Å². The fourth-order valence-corrected chi connectivity index (χ4v) is 3.21. The van der Waals surface area contributed by atoms with Crippen LogP contribution in [-0.2, 0) is 9.53 Å². The van der Waals surface area contributed by atoms with Gasteiger partial charge in [0, 0.05) is 44.2 Å². The van der Waals surface area contributed by atoms with E-state index >= 15 is 0 Å². The summed E-state index contributed by atoms with van der Waals surface area (Å²) >= 11 is 0. The largest absolute Gasteiger partial charge is 0.379 e. The molecule has 1 aromatic carbocycles. The molecule has 0 spiro atoms. The zero-order chi connectivity index (χ0) is 18.9. The summed E-state index contributed by atoms with van der Waals surface area (Å²) in [6, 6.07) is 7.75. The van der Waals surface area contributed by atoms with Gasteiger partial charge in [-0.3, -0.25) is 14.5 Å². The number of nitrogens with one attached hydrogen (secondary N) is 2. The Morgan fingerprint density at radius 1 is 1.15 bits per heavy atom. The Balaban J connectivity index is 1.72. The van der Waals surface area contributed by atoms with Gasteiger partial charge in [0.05, 0.1) is 13.2 Å². The molecule has 2 amide bonds. The fourth-order valence-electron chi connectivity index (χ4n) is 3.21. The Morgan fingerprint density at radius 3 is 2.50 bits per heavy atom. The van der Waals surface area contributed by atoms with Crippen LogP contribution in [0.3, 0.4) is 0 Å². The Morgan fingerprint density at radius 2 is 1.85 bits per heavy atom. The lowest BCUT2D eigenvalue weighted by Gasteiger charge is -2.36. The smallest absolute Gasteiger partial charge is 0.251 e. The van der Waals surface area contributed by atoms with Gasteiger partial charge in [-0.2, -0.15) is 0 Å². The van der Waals surface area contributed by atoms with Crippen molar-refractivity contribution in [1.82, 2.24) is 15.5 Å². The lowest BCUT2D eigenvalue weighted by atomic mass is 10.0. The molecule has 0 saturated carbocycles. The van der Waals surface area contributed by atoms with Crippen molar-refractivity contribution in [3.8, 4) is 0 Å². The van der Waals surface area contributed by atoms with Gasteiger partial charge in [-0.05, 0) is 24.5 Å². The molecule has 144 valence electrons. The number of hydrogen-bond donors (Lipinski definition) is 2. The maximum atomic E-state index is 12.1. The maximum absolute atomic E-state index is 12.1. The number of carbonyl (C=O) groups excluding carboxylic acids is 2. The van der Waals surface area contributed by atoms with E-state index < -0.39 is 0 Å². The fraction of sp³-hybridized carbons (Fsp3) is 0.600. The molecule has 0 aromatic heterocycles.